The molecular weight excluding hydrogens is 1140 g/mol. The first-order chi connectivity index (χ1) is 39.9. The van der Waals surface area contributed by atoms with Crippen molar-refractivity contribution in [3.05, 3.63) is 0 Å². The van der Waals surface area contributed by atoms with Crippen molar-refractivity contribution in [3.63, 3.8) is 0 Å². The molecule has 19 N–H and O–H groups in total. The molecule has 22 atom stereocenters. The van der Waals surface area contributed by atoms with Crippen LogP contribution in [0.15, 0.2) is 0 Å². The number of rotatable bonds is 33. The van der Waals surface area contributed by atoms with Crippen LogP contribution < -0.4 is 16.0 Å². The molecule has 0 aromatic heterocycles. The van der Waals surface area contributed by atoms with Gasteiger partial charge in [0.2, 0.25) is 17.7 Å². The summed E-state index contributed by atoms with van der Waals surface area (Å²) in [7, 11) is 0. The van der Waals surface area contributed by atoms with Crippen molar-refractivity contribution < 1.29 is 153 Å². The van der Waals surface area contributed by atoms with E-state index in [-0.39, 0.29) is 51.5 Å². The van der Waals surface area contributed by atoms with Crippen LogP contribution in [0.2, 0.25) is 0 Å². The van der Waals surface area contributed by atoms with Crippen LogP contribution in [0.25, 0.3) is 0 Å². The van der Waals surface area contributed by atoms with Crippen LogP contribution in [0.5, 0.6) is 0 Å². The highest BCUT2D eigenvalue weighted by Gasteiger charge is 2.48. The summed E-state index contributed by atoms with van der Waals surface area (Å²) in [6, 6.07) is -2.42. The third-order valence-corrected chi connectivity index (χ3v) is 14.2. The summed E-state index contributed by atoms with van der Waals surface area (Å²) >= 11 is 0. The average Bonchev–Trinajstić information content (AvgIpc) is 3.94. The number of hydroxylamine groups is 2. The minimum Gasteiger partial charge on any atom is -0.394 e. The normalized spacial score (nSPS) is 35.4. The van der Waals surface area contributed by atoms with Crippen LogP contribution in [0.3, 0.4) is 0 Å². The Bertz CT molecular complexity index is 1950. The number of ether oxygens (including phenoxy) is 8. The van der Waals surface area contributed by atoms with Gasteiger partial charge in [0.15, 0.2) is 25.2 Å². The largest absolute Gasteiger partial charge is 0.394 e. The third-order valence-electron chi connectivity index (χ3n) is 14.2. The van der Waals surface area contributed by atoms with Crippen molar-refractivity contribution in [2.45, 2.75) is 186 Å². The highest BCUT2D eigenvalue weighted by Crippen LogP contribution is 2.27. The van der Waals surface area contributed by atoms with Gasteiger partial charge in [-0.25, -0.2) is 4.79 Å². The highest BCUT2D eigenvalue weighted by molar-refractivity contribution is 6.01. The van der Waals surface area contributed by atoms with Crippen LogP contribution in [-0.4, -0.2) is 341 Å². The van der Waals surface area contributed by atoms with Gasteiger partial charge < -0.3 is 140 Å². The third kappa shape index (κ3) is 20.0. The van der Waals surface area contributed by atoms with Gasteiger partial charge in [-0.1, -0.05) is 6.42 Å². The SMILES string of the molecule is O=C(CN(CC(=O)N[C@H](CCO[C@H]1O[C@H](CO)[C@@H](O)[C@H](O)[C@@H]1O)CO[C@H]1O[C@H](CO)[C@@H](O)[C@H](O)[C@@H]1O)CC(=O)N[C@H](CCO[C@H]1O[C@H](CO)[C@@H](O)[C@H](O)[C@@H]1O)CO[C@H]1O[C@H](CO)[C@@H](O)[C@H](O)[C@@H]1O)NCCCCCC(=O)ON1C(=O)CCC1=O. The second kappa shape index (κ2) is 34.5. The number of amides is 5. The zero-order valence-corrected chi connectivity index (χ0v) is 45.5. The maximum absolute atomic E-state index is 14.0. The lowest BCUT2D eigenvalue weighted by molar-refractivity contribution is -0.305. The minimum atomic E-state index is -1.89. The van der Waals surface area contributed by atoms with Crippen LogP contribution in [0.4, 0.5) is 0 Å². The molecular formula is C48H81N5O31. The van der Waals surface area contributed by atoms with E-state index in [0.717, 1.165) is 4.90 Å². The van der Waals surface area contributed by atoms with Crippen LogP contribution in [-0.2, 0) is 71.5 Å². The van der Waals surface area contributed by atoms with Crippen molar-refractivity contribution in [1.82, 2.24) is 25.9 Å². The molecule has 5 saturated heterocycles. The van der Waals surface area contributed by atoms with E-state index < -0.39 is 243 Å². The molecule has 0 radical (unpaired) electrons. The fraction of sp³-hybridized carbons (Fsp3) is 0.875. The molecule has 36 nitrogen and oxygen atoms in total. The van der Waals surface area contributed by atoms with E-state index in [2.05, 4.69) is 16.0 Å². The Kier molecular flexibility index (Phi) is 29.1. The lowest BCUT2D eigenvalue weighted by atomic mass is 9.99. The molecule has 5 heterocycles. The molecule has 0 saturated carbocycles. The first kappa shape index (κ1) is 70.8. The monoisotopic (exact) mass is 1220 g/mol. The van der Waals surface area contributed by atoms with E-state index in [0.29, 0.717) is 11.5 Å². The van der Waals surface area contributed by atoms with Crippen molar-refractivity contribution >= 4 is 35.5 Å². The fourth-order valence-electron chi connectivity index (χ4n) is 9.27. The zero-order chi connectivity index (χ0) is 61.9. The second-order valence-electron chi connectivity index (χ2n) is 20.7. The molecule has 84 heavy (non-hydrogen) atoms. The molecule has 5 aliphatic heterocycles. The van der Waals surface area contributed by atoms with Crippen molar-refractivity contribution in [1.29, 1.82) is 0 Å². The summed E-state index contributed by atoms with van der Waals surface area (Å²) < 4.78 is 44.2. The summed E-state index contributed by atoms with van der Waals surface area (Å²) in [6.07, 6.45) is -34.0. The Labute approximate surface area is 479 Å². The van der Waals surface area contributed by atoms with Crippen LogP contribution in [0.1, 0.15) is 51.4 Å². The molecule has 0 aliphatic carbocycles. The van der Waals surface area contributed by atoms with E-state index in [4.69, 9.17) is 42.7 Å². The minimum absolute atomic E-state index is 0.000825. The van der Waals surface area contributed by atoms with E-state index >= 15 is 0 Å². The van der Waals surface area contributed by atoms with Gasteiger partial charge >= 0.3 is 5.97 Å². The van der Waals surface area contributed by atoms with Gasteiger partial charge in [-0.3, -0.25) is 28.9 Å². The highest BCUT2D eigenvalue weighted by atomic mass is 16.7. The second-order valence-corrected chi connectivity index (χ2v) is 20.7. The average molecular weight is 1220 g/mol. The zero-order valence-electron chi connectivity index (χ0n) is 45.5. The van der Waals surface area contributed by atoms with Gasteiger partial charge in [-0.2, -0.15) is 0 Å². The van der Waals surface area contributed by atoms with Crippen LogP contribution in [0, 0.1) is 0 Å². The Morgan fingerprint density at radius 2 is 0.821 bits per heavy atom. The van der Waals surface area contributed by atoms with E-state index in [1.165, 1.54) is 0 Å². The molecule has 5 fully saturated rings. The van der Waals surface area contributed by atoms with E-state index in [9.17, 15) is 110 Å². The number of hydrogen-bond donors (Lipinski definition) is 19. The van der Waals surface area contributed by atoms with E-state index in [1.807, 2.05) is 0 Å². The molecule has 5 aliphatic rings. The predicted molar refractivity (Wildman–Crippen MR) is 267 cm³/mol. The van der Waals surface area contributed by atoms with Gasteiger partial charge in [0.05, 0.1) is 84.6 Å². The molecule has 0 bridgehead atoms. The maximum Gasteiger partial charge on any atom is 0.333 e. The molecule has 5 rings (SSSR count). The number of hydrogen-bond acceptors (Lipinski definition) is 32. The standard InChI is InChI=1S/C48H81N5O31/c54-15-23-33(64)37(68)41(72)45(80-23)76-10-7-21(19-78-47-43(74)39(70)35(66)25(17-56)82-47)50-28(59)13-52(12-27(58)49-9-3-1-2-4-32(63)84-53-30(61)5-6-31(53)62)14-29(60)51-22(20-79-48-44(75)40(71)36(67)26(18-57)83-48)8-11-77-46-42(73)38(69)34(65)24(16-55)81-46/h21-26,33-48,54-57,64-75H,1-20H2,(H,49,58)(H,50,59)(H,51,60)/t21-,22-,23-,24-,25-,26-,33-,34-,35-,36-,37+,38+,39+,40+,41+,42+,43+,44+,45+,46+,47+,48+/m1/s1. The summed E-state index contributed by atoms with van der Waals surface area (Å²) in [5.74, 6) is -4.73. The van der Waals surface area contributed by atoms with Crippen molar-refractivity contribution in [2.75, 3.05) is 79.0 Å². The number of nitrogens with one attached hydrogen (secondary N) is 3. The van der Waals surface area contributed by atoms with Gasteiger partial charge in [-0.15, -0.1) is 5.06 Å². The first-order valence-corrected chi connectivity index (χ1v) is 27.3. The summed E-state index contributed by atoms with van der Waals surface area (Å²) in [4.78, 5) is 83.3. The number of unbranched alkanes of at least 4 members (excludes halogenated alkanes) is 2. The number of carbonyl (C=O) groups is 6. The smallest absolute Gasteiger partial charge is 0.333 e. The summed E-state index contributed by atoms with van der Waals surface area (Å²) in [6.45, 7) is -7.51. The number of aliphatic hydroxyl groups excluding tert-OH is 16. The van der Waals surface area contributed by atoms with Gasteiger partial charge in [0, 0.05) is 25.8 Å². The number of imide groups is 1. The molecule has 5 amide bonds. The Balaban J connectivity index is 1.30. The van der Waals surface area contributed by atoms with Gasteiger partial charge in [0.25, 0.3) is 11.8 Å². The lowest BCUT2D eigenvalue weighted by Crippen LogP contribution is -2.60. The molecule has 0 unspecified atom stereocenters. The van der Waals surface area contributed by atoms with Crippen molar-refractivity contribution in [2.24, 2.45) is 0 Å². The number of nitrogens with zero attached hydrogens (tertiary/aromatic N) is 2. The molecule has 484 valence electrons. The molecule has 36 heteroatoms. The quantitative estimate of drug-likeness (QED) is 0.0214. The molecule has 0 spiro atoms. The van der Waals surface area contributed by atoms with Gasteiger partial charge in [0.1, 0.15) is 97.7 Å². The van der Waals surface area contributed by atoms with Gasteiger partial charge in [-0.05, 0) is 25.7 Å². The van der Waals surface area contributed by atoms with Crippen LogP contribution >= 0.6 is 0 Å². The molecule has 0 aromatic carbocycles. The van der Waals surface area contributed by atoms with E-state index in [1.54, 1.807) is 0 Å². The fourth-order valence-corrected chi connectivity index (χ4v) is 9.27. The number of carbonyl (C=O) groups excluding carboxylic acids is 6. The topological polar surface area (TPSA) is 552 Å². The predicted octanol–water partition coefficient (Wildman–Crippen LogP) is -12.4. The maximum atomic E-state index is 14.0. The summed E-state index contributed by atoms with van der Waals surface area (Å²) in [5, 5.41) is 172. The number of aliphatic hydroxyl groups is 16. The summed E-state index contributed by atoms with van der Waals surface area (Å²) in [5.41, 5.74) is 0. The van der Waals surface area contributed by atoms with Crippen molar-refractivity contribution in [3.8, 4) is 0 Å². The Hall–Kier alpha value is -3.98. The molecule has 0 aromatic rings. The Morgan fingerprint density at radius 1 is 0.476 bits per heavy atom. The first-order valence-electron chi connectivity index (χ1n) is 27.3. The lowest BCUT2D eigenvalue weighted by Gasteiger charge is -2.40. The Morgan fingerprint density at radius 3 is 1.18 bits per heavy atom.